The summed E-state index contributed by atoms with van der Waals surface area (Å²) < 4.78 is 0. The van der Waals surface area contributed by atoms with Gasteiger partial charge in [0, 0.05) is 11.7 Å². The zero-order valence-electron chi connectivity index (χ0n) is 16.2. The lowest BCUT2D eigenvalue weighted by molar-refractivity contribution is -0.117. The number of rotatable bonds is 6. The van der Waals surface area contributed by atoms with Crippen molar-refractivity contribution in [1.29, 1.82) is 0 Å². The zero-order valence-corrected chi connectivity index (χ0v) is 16.2. The maximum Gasteiger partial charge on any atom is 0.238 e. The van der Waals surface area contributed by atoms with Gasteiger partial charge < -0.3 is 5.32 Å². The maximum absolute atomic E-state index is 12.7. The lowest BCUT2D eigenvalue weighted by atomic mass is 9.98. The third-order valence-electron chi connectivity index (χ3n) is 5.35. The highest BCUT2D eigenvalue weighted by molar-refractivity contribution is 5.94. The first-order valence-corrected chi connectivity index (χ1v) is 9.72. The number of aryl methyl sites for hydroxylation is 1. The Bertz CT molecular complexity index is 739. The molecule has 1 fully saturated rings. The number of benzene rings is 2. The van der Waals surface area contributed by atoms with Crippen molar-refractivity contribution in [1.82, 2.24) is 4.90 Å². The molecule has 1 heterocycles. The van der Waals surface area contributed by atoms with Gasteiger partial charge in [0.15, 0.2) is 0 Å². The van der Waals surface area contributed by atoms with Crippen LogP contribution in [0.4, 0.5) is 5.69 Å². The largest absolute Gasteiger partial charge is 0.324 e. The molecule has 2 aromatic carbocycles. The van der Waals surface area contributed by atoms with Gasteiger partial charge in [-0.3, -0.25) is 9.69 Å². The number of amides is 1. The Morgan fingerprint density at radius 2 is 1.92 bits per heavy atom. The third kappa shape index (κ3) is 4.53. The van der Waals surface area contributed by atoms with Crippen molar-refractivity contribution in [2.24, 2.45) is 0 Å². The standard InChI is InChI=1S/C23H30N2O/c1-17(2)21-13-7-9-18(3)23(21)24-22(26)16-25-14-8-12-20(25)15-19-10-5-4-6-11-19/h4-7,9-11,13,17,20H,8,12,14-16H2,1-3H3,(H,24,26). The highest BCUT2D eigenvalue weighted by Crippen LogP contribution is 2.28. The fourth-order valence-electron chi connectivity index (χ4n) is 3.93. The summed E-state index contributed by atoms with van der Waals surface area (Å²) in [6.45, 7) is 7.89. The van der Waals surface area contributed by atoms with Crippen molar-refractivity contribution in [2.75, 3.05) is 18.4 Å². The Morgan fingerprint density at radius 3 is 2.65 bits per heavy atom. The van der Waals surface area contributed by atoms with Crippen LogP contribution in [0.2, 0.25) is 0 Å². The molecule has 1 aliphatic rings. The quantitative estimate of drug-likeness (QED) is 0.814. The second-order valence-corrected chi connectivity index (χ2v) is 7.70. The van der Waals surface area contributed by atoms with Gasteiger partial charge >= 0.3 is 0 Å². The van der Waals surface area contributed by atoms with Crippen LogP contribution in [0.1, 0.15) is 49.3 Å². The number of para-hydroxylation sites is 1. The molecule has 138 valence electrons. The van der Waals surface area contributed by atoms with E-state index in [1.807, 2.05) is 0 Å². The van der Waals surface area contributed by atoms with E-state index in [1.165, 1.54) is 24.0 Å². The maximum atomic E-state index is 12.7. The number of nitrogens with one attached hydrogen (secondary N) is 1. The molecular formula is C23H30N2O. The first kappa shape index (κ1) is 18.7. The molecule has 0 aromatic heterocycles. The zero-order chi connectivity index (χ0) is 18.5. The molecule has 2 aromatic rings. The van der Waals surface area contributed by atoms with Crippen molar-refractivity contribution >= 4 is 11.6 Å². The molecule has 1 amide bonds. The van der Waals surface area contributed by atoms with Crippen molar-refractivity contribution in [3.63, 3.8) is 0 Å². The molecule has 0 saturated carbocycles. The predicted molar refractivity (Wildman–Crippen MR) is 109 cm³/mol. The third-order valence-corrected chi connectivity index (χ3v) is 5.35. The van der Waals surface area contributed by atoms with E-state index in [-0.39, 0.29) is 5.91 Å². The topological polar surface area (TPSA) is 32.3 Å². The molecule has 3 rings (SSSR count). The van der Waals surface area contributed by atoms with Crippen LogP contribution in [0.25, 0.3) is 0 Å². The van der Waals surface area contributed by atoms with Crippen LogP contribution in [0.5, 0.6) is 0 Å². The molecule has 1 saturated heterocycles. The van der Waals surface area contributed by atoms with Gasteiger partial charge in [0.1, 0.15) is 0 Å². The summed E-state index contributed by atoms with van der Waals surface area (Å²) in [6, 6.07) is 17.3. The van der Waals surface area contributed by atoms with Crippen molar-refractivity contribution in [3.8, 4) is 0 Å². The summed E-state index contributed by atoms with van der Waals surface area (Å²) in [5, 5.41) is 3.19. The molecule has 1 N–H and O–H groups in total. The fourth-order valence-corrected chi connectivity index (χ4v) is 3.93. The second-order valence-electron chi connectivity index (χ2n) is 7.70. The minimum atomic E-state index is 0.0983. The first-order chi connectivity index (χ1) is 12.5. The van der Waals surface area contributed by atoms with E-state index in [4.69, 9.17) is 0 Å². The van der Waals surface area contributed by atoms with Gasteiger partial charge in [-0.2, -0.15) is 0 Å². The minimum Gasteiger partial charge on any atom is -0.324 e. The number of carbonyl (C=O) groups excluding carboxylic acids is 1. The Balaban J connectivity index is 1.65. The van der Waals surface area contributed by atoms with E-state index in [1.54, 1.807) is 0 Å². The Morgan fingerprint density at radius 1 is 1.15 bits per heavy atom. The molecule has 1 aliphatic heterocycles. The monoisotopic (exact) mass is 350 g/mol. The van der Waals surface area contributed by atoms with E-state index < -0.39 is 0 Å². The van der Waals surface area contributed by atoms with E-state index >= 15 is 0 Å². The fraction of sp³-hybridized carbons (Fsp3) is 0.435. The summed E-state index contributed by atoms with van der Waals surface area (Å²) in [7, 11) is 0. The van der Waals surface area contributed by atoms with E-state index in [2.05, 4.69) is 79.5 Å². The number of hydrogen-bond donors (Lipinski definition) is 1. The van der Waals surface area contributed by atoms with Crippen LogP contribution in [-0.2, 0) is 11.2 Å². The molecule has 3 heteroatoms. The summed E-state index contributed by atoms with van der Waals surface area (Å²) >= 11 is 0. The predicted octanol–water partition coefficient (Wildman–Crippen LogP) is 4.76. The van der Waals surface area contributed by atoms with Gasteiger partial charge in [-0.05, 0) is 55.3 Å². The number of nitrogens with zero attached hydrogens (tertiary/aromatic N) is 1. The first-order valence-electron chi connectivity index (χ1n) is 9.72. The number of likely N-dealkylation sites (tertiary alicyclic amines) is 1. The van der Waals surface area contributed by atoms with E-state index in [0.717, 1.165) is 24.2 Å². The molecule has 0 radical (unpaired) electrons. The Hall–Kier alpha value is -2.13. The second kappa shape index (κ2) is 8.50. The molecular weight excluding hydrogens is 320 g/mol. The molecule has 1 atom stereocenters. The number of hydrogen-bond acceptors (Lipinski definition) is 2. The van der Waals surface area contributed by atoms with Gasteiger partial charge in [-0.25, -0.2) is 0 Å². The summed E-state index contributed by atoms with van der Waals surface area (Å²) in [6.07, 6.45) is 3.37. The SMILES string of the molecule is Cc1cccc(C(C)C)c1NC(=O)CN1CCCC1Cc1ccccc1. The number of carbonyl (C=O) groups is 1. The number of anilines is 1. The van der Waals surface area contributed by atoms with Crippen LogP contribution in [0, 0.1) is 6.92 Å². The Kier molecular flexibility index (Phi) is 6.10. The van der Waals surface area contributed by atoms with Crippen molar-refractivity contribution in [3.05, 3.63) is 65.2 Å². The average molecular weight is 351 g/mol. The van der Waals surface area contributed by atoms with Crippen LogP contribution in [0.3, 0.4) is 0 Å². The van der Waals surface area contributed by atoms with E-state index in [9.17, 15) is 4.79 Å². The van der Waals surface area contributed by atoms with Gasteiger partial charge in [0.05, 0.1) is 6.54 Å². The molecule has 0 aliphatic carbocycles. The van der Waals surface area contributed by atoms with Crippen LogP contribution < -0.4 is 5.32 Å². The van der Waals surface area contributed by atoms with Gasteiger partial charge in [-0.1, -0.05) is 62.4 Å². The average Bonchev–Trinajstić information content (AvgIpc) is 3.04. The molecule has 0 spiro atoms. The van der Waals surface area contributed by atoms with Crippen LogP contribution in [0.15, 0.2) is 48.5 Å². The van der Waals surface area contributed by atoms with Crippen molar-refractivity contribution in [2.45, 2.75) is 52.0 Å². The summed E-state index contributed by atoms with van der Waals surface area (Å²) in [5.74, 6) is 0.490. The molecule has 3 nitrogen and oxygen atoms in total. The van der Waals surface area contributed by atoms with Crippen molar-refractivity contribution < 1.29 is 4.79 Å². The van der Waals surface area contributed by atoms with Crippen LogP contribution >= 0.6 is 0 Å². The van der Waals surface area contributed by atoms with E-state index in [0.29, 0.717) is 18.5 Å². The molecule has 1 unspecified atom stereocenters. The van der Waals surface area contributed by atoms with Crippen LogP contribution in [-0.4, -0.2) is 29.9 Å². The normalized spacial score (nSPS) is 17.6. The summed E-state index contributed by atoms with van der Waals surface area (Å²) in [4.78, 5) is 15.1. The van der Waals surface area contributed by atoms with Gasteiger partial charge in [-0.15, -0.1) is 0 Å². The summed E-state index contributed by atoms with van der Waals surface area (Å²) in [5.41, 5.74) is 4.68. The van der Waals surface area contributed by atoms with Gasteiger partial charge in [0.2, 0.25) is 5.91 Å². The minimum absolute atomic E-state index is 0.0983. The molecule has 26 heavy (non-hydrogen) atoms. The Labute approximate surface area is 157 Å². The van der Waals surface area contributed by atoms with Gasteiger partial charge in [0.25, 0.3) is 0 Å². The highest BCUT2D eigenvalue weighted by atomic mass is 16.2. The lowest BCUT2D eigenvalue weighted by Crippen LogP contribution is -2.38. The smallest absolute Gasteiger partial charge is 0.238 e. The lowest BCUT2D eigenvalue weighted by Gasteiger charge is -2.25. The highest BCUT2D eigenvalue weighted by Gasteiger charge is 2.26. The molecule has 0 bridgehead atoms.